The Morgan fingerprint density at radius 3 is 2.79 bits per heavy atom. The van der Waals surface area contributed by atoms with E-state index in [-0.39, 0.29) is 24.4 Å². The lowest BCUT2D eigenvalue weighted by Crippen LogP contribution is -2.41. The third kappa shape index (κ3) is 2.49. The predicted octanol–water partition coefficient (Wildman–Crippen LogP) is -1.05. The summed E-state index contributed by atoms with van der Waals surface area (Å²) in [5.41, 5.74) is 0. The van der Waals surface area contributed by atoms with Gasteiger partial charge in [-0.05, 0) is 11.1 Å². The molecule has 0 saturated carbocycles. The van der Waals surface area contributed by atoms with Gasteiger partial charge in [0.25, 0.3) is 11.7 Å². The molecule has 0 aliphatic heterocycles. The number of aromatic nitrogens is 4. The highest BCUT2D eigenvalue weighted by molar-refractivity contribution is 5.90. The Labute approximate surface area is 80.9 Å². The molecular formula is C7H13N5O2. The van der Waals surface area contributed by atoms with Crippen molar-refractivity contribution in [3.8, 4) is 0 Å². The number of rotatable bonds is 4. The summed E-state index contributed by atoms with van der Waals surface area (Å²) >= 11 is 0. The number of hydrogen-bond donors (Lipinski definition) is 3. The van der Waals surface area contributed by atoms with Gasteiger partial charge in [-0.1, -0.05) is 13.8 Å². The van der Waals surface area contributed by atoms with Crippen LogP contribution in [0.1, 0.15) is 24.5 Å². The van der Waals surface area contributed by atoms with Crippen molar-refractivity contribution in [3.05, 3.63) is 5.82 Å². The van der Waals surface area contributed by atoms with Crippen LogP contribution >= 0.6 is 0 Å². The number of carbonyl (C=O) groups excluding carboxylic acids is 1. The third-order valence-corrected chi connectivity index (χ3v) is 1.87. The van der Waals surface area contributed by atoms with Gasteiger partial charge in [0.15, 0.2) is 0 Å². The summed E-state index contributed by atoms with van der Waals surface area (Å²) < 4.78 is 0. The van der Waals surface area contributed by atoms with Crippen LogP contribution in [0.25, 0.3) is 0 Å². The van der Waals surface area contributed by atoms with Crippen molar-refractivity contribution < 1.29 is 9.90 Å². The van der Waals surface area contributed by atoms with Gasteiger partial charge in [-0.25, -0.2) is 0 Å². The van der Waals surface area contributed by atoms with E-state index < -0.39 is 5.91 Å². The fourth-order valence-corrected chi connectivity index (χ4v) is 0.914. The van der Waals surface area contributed by atoms with Crippen molar-refractivity contribution in [1.29, 1.82) is 0 Å². The van der Waals surface area contributed by atoms with Gasteiger partial charge in [0, 0.05) is 0 Å². The Kier molecular flexibility index (Phi) is 3.52. The molecule has 0 aliphatic carbocycles. The Hall–Kier alpha value is -1.50. The van der Waals surface area contributed by atoms with Crippen LogP contribution < -0.4 is 5.32 Å². The van der Waals surface area contributed by atoms with Gasteiger partial charge in [-0.3, -0.25) is 4.79 Å². The highest BCUT2D eigenvalue weighted by atomic mass is 16.3. The SMILES string of the molecule is CC(C)[C@@H](CO)NC(=O)c1nn[nH]n1. The Bertz CT molecular complexity index is 284. The Morgan fingerprint density at radius 2 is 2.36 bits per heavy atom. The third-order valence-electron chi connectivity index (χ3n) is 1.87. The number of aromatic amines is 1. The van der Waals surface area contributed by atoms with E-state index in [1.807, 2.05) is 13.8 Å². The van der Waals surface area contributed by atoms with E-state index in [1.165, 1.54) is 0 Å². The number of tetrazole rings is 1. The first-order valence-electron chi connectivity index (χ1n) is 4.30. The van der Waals surface area contributed by atoms with Gasteiger partial charge >= 0.3 is 0 Å². The molecule has 0 unspecified atom stereocenters. The first kappa shape index (κ1) is 10.6. The van der Waals surface area contributed by atoms with Crippen LogP contribution in [0.3, 0.4) is 0 Å². The lowest BCUT2D eigenvalue weighted by Gasteiger charge is -2.18. The van der Waals surface area contributed by atoms with Gasteiger partial charge in [-0.15, -0.1) is 10.2 Å². The second-order valence-corrected chi connectivity index (χ2v) is 3.24. The maximum absolute atomic E-state index is 11.4. The lowest BCUT2D eigenvalue weighted by molar-refractivity contribution is 0.0886. The van der Waals surface area contributed by atoms with Crippen molar-refractivity contribution in [2.75, 3.05) is 6.61 Å². The molecule has 0 fully saturated rings. The first-order chi connectivity index (χ1) is 6.65. The summed E-state index contributed by atoms with van der Waals surface area (Å²) in [4.78, 5) is 11.4. The summed E-state index contributed by atoms with van der Waals surface area (Å²) in [6.07, 6.45) is 0. The molecule has 0 spiro atoms. The van der Waals surface area contributed by atoms with E-state index in [0.29, 0.717) is 0 Å². The van der Waals surface area contributed by atoms with Crippen LogP contribution in [-0.4, -0.2) is 44.3 Å². The number of nitrogens with zero attached hydrogens (tertiary/aromatic N) is 3. The summed E-state index contributed by atoms with van der Waals surface area (Å²) in [6, 6.07) is -0.291. The number of hydrogen-bond acceptors (Lipinski definition) is 5. The quantitative estimate of drug-likeness (QED) is 0.573. The summed E-state index contributed by atoms with van der Waals surface area (Å²) in [7, 11) is 0. The highest BCUT2D eigenvalue weighted by Gasteiger charge is 2.18. The molecular weight excluding hydrogens is 186 g/mol. The summed E-state index contributed by atoms with van der Waals surface area (Å²) in [5, 5.41) is 24.0. The van der Waals surface area contributed by atoms with Crippen molar-refractivity contribution in [1.82, 2.24) is 25.9 Å². The second kappa shape index (κ2) is 4.66. The summed E-state index contributed by atoms with van der Waals surface area (Å²) in [5.74, 6) is -0.313. The van der Waals surface area contributed by atoms with Crippen molar-refractivity contribution in [2.24, 2.45) is 5.92 Å². The molecule has 1 amide bonds. The predicted molar refractivity (Wildman–Crippen MR) is 47.4 cm³/mol. The fraction of sp³-hybridized carbons (Fsp3) is 0.714. The van der Waals surface area contributed by atoms with E-state index in [1.54, 1.807) is 0 Å². The molecule has 0 radical (unpaired) electrons. The normalized spacial score (nSPS) is 12.9. The van der Waals surface area contributed by atoms with Crippen molar-refractivity contribution in [2.45, 2.75) is 19.9 Å². The van der Waals surface area contributed by atoms with Crippen LogP contribution in [0, 0.1) is 5.92 Å². The monoisotopic (exact) mass is 199 g/mol. The van der Waals surface area contributed by atoms with Crippen molar-refractivity contribution >= 4 is 5.91 Å². The maximum Gasteiger partial charge on any atom is 0.293 e. The molecule has 78 valence electrons. The van der Waals surface area contributed by atoms with E-state index in [0.717, 1.165) is 0 Å². The molecule has 0 aliphatic rings. The van der Waals surface area contributed by atoms with Crippen LogP contribution in [0.5, 0.6) is 0 Å². The van der Waals surface area contributed by atoms with Gasteiger partial charge in [0.2, 0.25) is 0 Å². The molecule has 1 atom stereocenters. The van der Waals surface area contributed by atoms with Crippen LogP contribution in [-0.2, 0) is 0 Å². The standard InChI is InChI=1S/C7H13N5O2/c1-4(2)5(3-13)8-7(14)6-9-11-12-10-6/h4-5,13H,3H2,1-2H3,(H,8,14)(H,9,10,11,12)/t5-/m1/s1. The van der Waals surface area contributed by atoms with Crippen LogP contribution in [0.4, 0.5) is 0 Å². The second-order valence-electron chi connectivity index (χ2n) is 3.24. The molecule has 14 heavy (non-hydrogen) atoms. The highest BCUT2D eigenvalue weighted by Crippen LogP contribution is 2.00. The zero-order chi connectivity index (χ0) is 10.6. The molecule has 0 bridgehead atoms. The minimum atomic E-state index is -0.438. The molecule has 7 heteroatoms. The smallest absolute Gasteiger partial charge is 0.293 e. The zero-order valence-electron chi connectivity index (χ0n) is 8.06. The Morgan fingerprint density at radius 1 is 1.64 bits per heavy atom. The number of aliphatic hydroxyl groups is 1. The summed E-state index contributed by atoms with van der Waals surface area (Å²) in [6.45, 7) is 3.69. The Balaban J connectivity index is 2.56. The molecule has 1 aromatic heterocycles. The number of H-pyrrole nitrogens is 1. The van der Waals surface area contributed by atoms with E-state index >= 15 is 0 Å². The van der Waals surface area contributed by atoms with Gasteiger partial charge in [0.05, 0.1) is 12.6 Å². The number of amides is 1. The molecule has 1 heterocycles. The van der Waals surface area contributed by atoms with Gasteiger partial charge < -0.3 is 10.4 Å². The number of aliphatic hydroxyl groups excluding tert-OH is 1. The molecule has 0 aromatic carbocycles. The van der Waals surface area contributed by atoms with Crippen molar-refractivity contribution in [3.63, 3.8) is 0 Å². The molecule has 1 rings (SSSR count). The topological polar surface area (TPSA) is 104 Å². The van der Waals surface area contributed by atoms with Crippen LogP contribution in [0.2, 0.25) is 0 Å². The molecule has 1 aromatic rings. The minimum absolute atomic E-state index is 0.0240. The van der Waals surface area contributed by atoms with Gasteiger partial charge in [0.1, 0.15) is 0 Å². The average Bonchev–Trinajstić information content (AvgIpc) is 2.65. The minimum Gasteiger partial charge on any atom is -0.394 e. The number of carbonyl (C=O) groups is 1. The number of nitrogens with one attached hydrogen (secondary N) is 2. The zero-order valence-corrected chi connectivity index (χ0v) is 8.06. The maximum atomic E-state index is 11.4. The molecule has 0 saturated heterocycles. The first-order valence-corrected chi connectivity index (χ1v) is 4.30. The van der Waals surface area contributed by atoms with Gasteiger partial charge in [-0.2, -0.15) is 5.21 Å². The van der Waals surface area contributed by atoms with E-state index in [4.69, 9.17) is 5.11 Å². The largest absolute Gasteiger partial charge is 0.394 e. The average molecular weight is 199 g/mol. The van der Waals surface area contributed by atoms with E-state index in [9.17, 15) is 4.79 Å². The molecule has 7 nitrogen and oxygen atoms in total. The van der Waals surface area contributed by atoms with Crippen LogP contribution in [0.15, 0.2) is 0 Å². The molecule has 3 N–H and O–H groups in total. The van der Waals surface area contributed by atoms with E-state index in [2.05, 4.69) is 25.9 Å². The fourth-order valence-electron chi connectivity index (χ4n) is 0.914. The lowest BCUT2D eigenvalue weighted by atomic mass is 10.1.